The topological polar surface area (TPSA) is 38.9 Å². The Bertz CT molecular complexity index is 363. The number of nitrogens with zero attached hydrogens (tertiary/aromatic N) is 1. The van der Waals surface area contributed by atoms with Gasteiger partial charge in [-0.25, -0.2) is 4.98 Å². The first kappa shape index (κ1) is 10.5. The van der Waals surface area contributed by atoms with Crippen molar-refractivity contribution in [2.24, 2.45) is 17.8 Å². The summed E-state index contributed by atoms with van der Waals surface area (Å²) in [6.07, 6.45) is 7.85. The van der Waals surface area contributed by atoms with E-state index < -0.39 is 0 Å². The van der Waals surface area contributed by atoms with E-state index in [1.165, 1.54) is 36.3 Å². The second kappa shape index (κ2) is 4.28. The van der Waals surface area contributed by atoms with Crippen LogP contribution in [-0.4, -0.2) is 10.7 Å². The van der Waals surface area contributed by atoms with Crippen LogP contribution in [0.1, 0.15) is 25.7 Å². The zero-order valence-electron chi connectivity index (χ0n) is 9.43. The minimum absolute atomic E-state index is 0.615. The molecule has 2 saturated carbocycles. The Morgan fingerprint density at radius 1 is 1.31 bits per heavy atom. The minimum Gasteiger partial charge on any atom is -0.384 e. The van der Waals surface area contributed by atoms with E-state index in [1.54, 1.807) is 0 Å². The van der Waals surface area contributed by atoms with Gasteiger partial charge in [-0.2, -0.15) is 0 Å². The number of nitrogens with two attached hydrogens (primary N) is 1. The Labute approximate surface area is 101 Å². The molecule has 2 aliphatic carbocycles. The molecule has 0 amide bonds. The molecule has 16 heavy (non-hydrogen) atoms. The highest BCUT2D eigenvalue weighted by Gasteiger charge is 2.39. The number of thioether (sulfide) groups is 1. The van der Waals surface area contributed by atoms with E-state index in [2.05, 4.69) is 11.1 Å². The summed E-state index contributed by atoms with van der Waals surface area (Å²) in [5.41, 5.74) is 5.57. The molecule has 0 saturated heterocycles. The maximum atomic E-state index is 5.57. The molecule has 0 aliphatic heterocycles. The number of rotatable bonds is 3. The van der Waals surface area contributed by atoms with Crippen LogP contribution in [0.3, 0.4) is 0 Å². The second-order valence-electron chi connectivity index (χ2n) is 5.16. The molecule has 0 radical (unpaired) electrons. The molecule has 2 aliphatic rings. The van der Waals surface area contributed by atoms with Crippen LogP contribution in [0.25, 0.3) is 0 Å². The summed E-state index contributed by atoms with van der Waals surface area (Å²) in [6.45, 7) is 0. The van der Waals surface area contributed by atoms with Crippen molar-refractivity contribution in [2.45, 2.75) is 30.6 Å². The number of aromatic nitrogens is 1. The average Bonchev–Trinajstić information content (AvgIpc) is 2.90. The Morgan fingerprint density at radius 3 is 2.88 bits per heavy atom. The van der Waals surface area contributed by atoms with Gasteiger partial charge >= 0.3 is 0 Å². The normalized spacial score (nSPS) is 32.1. The first-order valence-electron chi connectivity index (χ1n) is 6.15. The summed E-state index contributed by atoms with van der Waals surface area (Å²) in [6, 6.07) is 3.98. The largest absolute Gasteiger partial charge is 0.384 e. The highest BCUT2D eigenvalue weighted by atomic mass is 32.2. The van der Waals surface area contributed by atoms with Crippen molar-refractivity contribution in [1.29, 1.82) is 0 Å². The summed E-state index contributed by atoms with van der Waals surface area (Å²) >= 11 is 1.95. The highest BCUT2D eigenvalue weighted by Crippen LogP contribution is 2.49. The van der Waals surface area contributed by atoms with Crippen LogP contribution in [0.2, 0.25) is 0 Å². The molecule has 2 nitrogen and oxygen atoms in total. The maximum absolute atomic E-state index is 5.57. The lowest BCUT2D eigenvalue weighted by Crippen LogP contribution is -2.12. The molecule has 3 heteroatoms. The fraction of sp³-hybridized carbons (Fsp3) is 0.615. The van der Waals surface area contributed by atoms with Crippen LogP contribution in [0.4, 0.5) is 5.82 Å². The third kappa shape index (κ3) is 2.05. The van der Waals surface area contributed by atoms with E-state index in [1.807, 2.05) is 24.0 Å². The predicted molar refractivity (Wildman–Crippen MR) is 68.3 cm³/mol. The number of anilines is 1. The van der Waals surface area contributed by atoms with Gasteiger partial charge in [-0.05, 0) is 49.1 Å². The molecule has 2 bridgehead atoms. The zero-order chi connectivity index (χ0) is 11.0. The Hall–Kier alpha value is -0.700. The molecule has 86 valence electrons. The molecule has 2 fully saturated rings. The molecule has 1 heterocycles. The fourth-order valence-corrected chi connectivity index (χ4v) is 4.37. The number of pyridine rings is 1. The molecule has 0 spiro atoms. The molecule has 2 N–H and O–H groups in total. The van der Waals surface area contributed by atoms with E-state index in [0.717, 1.165) is 17.8 Å². The van der Waals surface area contributed by atoms with Crippen LogP contribution in [0.15, 0.2) is 23.2 Å². The first-order valence-corrected chi connectivity index (χ1v) is 7.14. The van der Waals surface area contributed by atoms with Crippen molar-refractivity contribution < 1.29 is 0 Å². The van der Waals surface area contributed by atoms with Crippen molar-refractivity contribution in [2.75, 3.05) is 11.5 Å². The summed E-state index contributed by atoms with van der Waals surface area (Å²) < 4.78 is 0. The molecule has 3 atom stereocenters. The average molecular weight is 234 g/mol. The van der Waals surface area contributed by atoms with E-state index in [9.17, 15) is 0 Å². The Kier molecular flexibility index (Phi) is 2.80. The lowest BCUT2D eigenvalue weighted by Gasteiger charge is -2.20. The number of nitrogen functional groups attached to an aromatic ring is 1. The van der Waals surface area contributed by atoms with Gasteiger partial charge in [0.1, 0.15) is 5.82 Å². The Balaban J connectivity index is 1.55. The quantitative estimate of drug-likeness (QED) is 0.816. The van der Waals surface area contributed by atoms with Crippen LogP contribution in [0, 0.1) is 17.8 Å². The van der Waals surface area contributed by atoms with Gasteiger partial charge in [0.15, 0.2) is 0 Å². The number of fused-ring (bicyclic) bond motifs is 2. The van der Waals surface area contributed by atoms with Crippen molar-refractivity contribution in [1.82, 2.24) is 4.98 Å². The Morgan fingerprint density at radius 2 is 2.25 bits per heavy atom. The van der Waals surface area contributed by atoms with Crippen LogP contribution < -0.4 is 5.73 Å². The van der Waals surface area contributed by atoms with Gasteiger partial charge in [0.05, 0.1) is 0 Å². The summed E-state index contributed by atoms with van der Waals surface area (Å²) in [5.74, 6) is 4.93. The van der Waals surface area contributed by atoms with Gasteiger partial charge in [-0.15, -0.1) is 11.8 Å². The van der Waals surface area contributed by atoms with Gasteiger partial charge in [0.25, 0.3) is 0 Å². The third-order valence-electron chi connectivity index (χ3n) is 4.11. The zero-order valence-corrected chi connectivity index (χ0v) is 10.2. The van der Waals surface area contributed by atoms with E-state index >= 15 is 0 Å². The second-order valence-corrected chi connectivity index (χ2v) is 6.26. The molecule has 3 unspecified atom stereocenters. The van der Waals surface area contributed by atoms with Gasteiger partial charge in [-0.1, -0.05) is 6.42 Å². The predicted octanol–water partition coefficient (Wildman–Crippen LogP) is 3.19. The maximum Gasteiger partial charge on any atom is 0.123 e. The van der Waals surface area contributed by atoms with Gasteiger partial charge < -0.3 is 5.73 Å². The fourth-order valence-electron chi connectivity index (χ4n) is 3.26. The molecule has 1 aromatic heterocycles. The van der Waals surface area contributed by atoms with Gasteiger partial charge in [0.2, 0.25) is 0 Å². The smallest absolute Gasteiger partial charge is 0.123 e. The first-order chi connectivity index (χ1) is 7.81. The van der Waals surface area contributed by atoms with Gasteiger partial charge in [-0.3, -0.25) is 0 Å². The standard InChI is InChI=1S/C13H18N2S/c14-13-4-3-12(7-15-13)16-8-11-6-9-1-2-10(11)5-9/h3-4,7,9-11H,1-2,5-6,8H2,(H2,14,15). The summed E-state index contributed by atoms with van der Waals surface area (Å²) in [7, 11) is 0. The molecule has 0 aromatic carbocycles. The summed E-state index contributed by atoms with van der Waals surface area (Å²) in [5, 5.41) is 0. The third-order valence-corrected chi connectivity index (χ3v) is 5.28. The van der Waals surface area contributed by atoms with Gasteiger partial charge in [0, 0.05) is 16.8 Å². The van der Waals surface area contributed by atoms with Crippen molar-refractivity contribution >= 4 is 17.6 Å². The van der Waals surface area contributed by atoms with Crippen LogP contribution in [-0.2, 0) is 0 Å². The molecular weight excluding hydrogens is 216 g/mol. The monoisotopic (exact) mass is 234 g/mol. The van der Waals surface area contributed by atoms with Crippen molar-refractivity contribution in [3.8, 4) is 0 Å². The van der Waals surface area contributed by atoms with Crippen molar-refractivity contribution in [3.63, 3.8) is 0 Å². The molecular formula is C13H18N2S. The number of hydrogen-bond donors (Lipinski definition) is 1. The van der Waals surface area contributed by atoms with E-state index in [0.29, 0.717) is 5.82 Å². The lowest BCUT2D eigenvalue weighted by molar-refractivity contribution is 0.365. The number of hydrogen-bond acceptors (Lipinski definition) is 3. The molecule has 3 rings (SSSR count). The SMILES string of the molecule is Nc1ccc(SCC2CC3CCC2C3)cn1. The highest BCUT2D eigenvalue weighted by molar-refractivity contribution is 7.99. The molecule has 1 aromatic rings. The van der Waals surface area contributed by atoms with Crippen LogP contribution >= 0.6 is 11.8 Å². The van der Waals surface area contributed by atoms with E-state index in [-0.39, 0.29) is 0 Å². The van der Waals surface area contributed by atoms with Crippen LogP contribution in [0.5, 0.6) is 0 Å². The van der Waals surface area contributed by atoms with E-state index in [4.69, 9.17) is 5.73 Å². The minimum atomic E-state index is 0.615. The lowest BCUT2D eigenvalue weighted by atomic mass is 9.90. The summed E-state index contributed by atoms with van der Waals surface area (Å²) in [4.78, 5) is 5.39. The van der Waals surface area contributed by atoms with Crippen molar-refractivity contribution in [3.05, 3.63) is 18.3 Å².